The van der Waals surface area contributed by atoms with E-state index in [1.54, 1.807) is 0 Å². The van der Waals surface area contributed by atoms with E-state index in [-0.39, 0.29) is 5.41 Å². The Morgan fingerprint density at radius 2 is 1.36 bits per heavy atom. The van der Waals surface area contributed by atoms with Gasteiger partial charge in [-0.2, -0.15) is 0 Å². The SMILES string of the molecule is CC(C)(C)c1ccc2ccc3c(-c4ccc5ccccc5c4)nccc3c2c1. The van der Waals surface area contributed by atoms with Crippen molar-refractivity contribution < 1.29 is 0 Å². The van der Waals surface area contributed by atoms with Crippen LogP contribution in [0.4, 0.5) is 0 Å². The van der Waals surface area contributed by atoms with Crippen LogP contribution in [0.25, 0.3) is 43.6 Å². The third-order valence-electron chi connectivity index (χ3n) is 5.65. The summed E-state index contributed by atoms with van der Waals surface area (Å²) in [5.74, 6) is 0. The van der Waals surface area contributed by atoms with Crippen molar-refractivity contribution in [2.24, 2.45) is 0 Å². The molecule has 1 heteroatoms. The topological polar surface area (TPSA) is 12.9 Å². The van der Waals surface area contributed by atoms with Gasteiger partial charge < -0.3 is 0 Å². The number of nitrogens with zero attached hydrogens (tertiary/aromatic N) is 1. The van der Waals surface area contributed by atoms with Crippen LogP contribution >= 0.6 is 0 Å². The minimum atomic E-state index is 0.130. The molecule has 0 bridgehead atoms. The fourth-order valence-corrected chi connectivity index (χ4v) is 4.02. The number of fused-ring (bicyclic) bond motifs is 4. The summed E-state index contributed by atoms with van der Waals surface area (Å²) >= 11 is 0. The average molecular weight is 361 g/mol. The largest absolute Gasteiger partial charge is 0.256 e. The smallest absolute Gasteiger partial charge is 0.0780 e. The monoisotopic (exact) mass is 361 g/mol. The Morgan fingerprint density at radius 1 is 0.607 bits per heavy atom. The molecule has 4 aromatic carbocycles. The first kappa shape index (κ1) is 16.9. The Hall–Kier alpha value is -3.19. The maximum absolute atomic E-state index is 4.76. The molecule has 5 rings (SSSR count). The Morgan fingerprint density at radius 3 is 2.18 bits per heavy atom. The van der Waals surface area contributed by atoms with E-state index in [1.807, 2.05) is 6.20 Å². The minimum Gasteiger partial charge on any atom is -0.256 e. The second-order valence-corrected chi connectivity index (χ2v) is 8.57. The van der Waals surface area contributed by atoms with Gasteiger partial charge in [0.15, 0.2) is 0 Å². The summed E-state index contributed by atoms with van der Waals surface area (Å²) in [6.45, 7) is 6.80. The van der Waals surface area contributed by atoms with Gasteiger partial charge in [-0.05, 0) is 56.1 Å². The highest BCUT2D eigenvalue weighted by Gasteiger charge is 2.15. The maximum atomic E-state index is 4.76. The van der Waals surface area contributed by atoms with Crippen LogP contribution in [0, 0.1) is 0 Å². The van der Waals surface area contributed by atoms with Gasteiger partial charge in [0.05, 0.1) is 5.69 Å². The van der Waals surface area contributed by atoms with Gasteiger partial charge in [-0.15, -0.1) is 0 Å². The van der Waals surface area contributed by atoms with Crippen molar-refractivity contribution >= 4 is 32.3 Å². The molecule has 28 heavy (non-hydrogen) atoms. The zero-order chi connectivity index (χ0) is 19.3. The Labute approximate surface area is 165 Å². The molecule has 0 N–H and O–H groups in total. The van der Waals surface area contributed by atoms with E-state index in [2.05, 4.69) is 99.6 Å². The van der Waals surface area contributed by atoms with Crippen molar-refractivity contribution in [1.82, 2.24) is 4.98 Å². The molecule has 0 saturated heterocycles. The van der Waals surface area contributed by atoms with Gasteiger partial charge in [0, 0.05) is 17.1 Å². The molecule has 0 atom stereocenters. The highest BCUT2D eigenvalue weighted by Crippen LogP contribution is 2.35. The number of benzene rings is 4. The fourth-order valence-electron chi connectivity index (χ4n) is 4.02. The van der Waals surface area contributed by atoms with Crippen LogP contribution in [0.2, 0.25) is 0 Å². The first-order valence-corrected chi connectivity index (χ1v) is 9.82. The lowest BCUT2D eigenvalue weighted by Gasteiger charge is -2.20. The molecule has 0 aliphatic heterocycles. The van der Waals surface area contributed by atoms with Gasteiger partial charge in [0.1, 0.15) is 0 Å². The summed E-state index contributed by atoms with van der Waals surface area (Å²) in [7, 11) is 0. The van der Waals surface area contributed by atoms with Crippen LogP contribution in [0.5, 0.6) is 0 Å². The average Bonchev–Trinajstić information content (AvgIpc) is 2.71. The van der Waals surface area contributed by atoms with E-state index < -0.39 is 0 Å². The van der Waals surface area contributed by atoms with Gasteiger partial charge in [-0.25, -0.2) is 0 Å². The molecule has 0 spiro atoms. The van der Waals surface area contributed by atoms with Gasteiger partial charge in [-0.3, -0.25) is 4.98 Å². The van der Waals surface area contributed by atoms with E-state index in [0.717, 1.165) is 11.3 Å². The lowest BCUT2D eigenvalue weighted by atomic mass is 9.85. The number of hydrogen-bond acceptors (Lipinski definition) is 1. The van der Waals surface area contributed by atoms with E-state index in [9.17, 15) is 0 Å². The third kappa shape index (κ3) is 2.75. The molecule has 0 saturated carbocycles. The number of rotatable bonds is 1. The Kier molecular flexibility index (Phi) is 3.73. The van der Waals surface area contributed by atoms with Crippen LogP contribution in [-0.4, -0.2) is 4.98 Å². The molecule has 0 radical (unpaired) electrons. The Balaban J connectivity index is 1.79. The quantitative estimate of drug-likeness (QED) is 0.282. The summed E-state index contributed by atoms with van der Waals surface area (Å²) in [5, 5.41) is 7.55. The second-order valence-electron chi connectivity index (χ2n) is 8.57. The number of hydrogen-bond donors (Lipinski definition) is 0. The predicted molar refractivity (Wildman–Crippen MR) is 121 cm³/mol. The number of aromatic nitrogens is 1. The van der Waals surface area contributed by atoms with Crippen LogP contribution < -0.4 is 0 Å². The molecule has 0 unspecified atom stereocenters. The summed E-state index contributed by atoms with van der Waals surface area (Å²) in [6.07, 6.45) is 1.94. The van der Waals surface area contributed by atoms with E-state index in [0.29, 0.717) is 0 Å². The standard InChI is InChI=1S/C27H23N/c1-27(2,3)22-12-10-19-11-13-24-23(25(19)17-22)14-15-28-26(24)21-9-8-18-6-4-5-7-20(18)16-21/h4-17H,1-3H3. The molecule has 1 heterocycles. The molecule has 0 amide bonds. The van der Waals surface area contributed by atoms with Gasteiger partial charge in [0.25, 0.3) is 0 Å². The maximum Gasteiger partial charge on any atom is 0.0780 e. The van der Waals surface area contributed by atoms with Crippen LogP contribution in [0.15, 0.2) is 85.1 Å². The van der Waals surface area contributed by atoms with Crippen molar-refractivity contribution in [3.63, 3.8) is 0 Å². The third-order valence-corrected chi connectivity index (χ3v) is 5.65. The van der Waals surface area contributed by atoms with E-state index in [1.165, 1.54) is 37.9 Å². The molecule has 1 nitrogen and oxygen atoms in total. The molecular weight excluding hydrogens is 338 g/mol. The molecule has 0 aliphatic carbocycles. The normalized spacial score (nSPS) is 12.1. The second kappa shape index (κ2) is 6.17. The van der Waals surface area contributed by atoms with Crippen LogP contribution in [0.1, 0.15) is 26.3 Å². The lowest BCUT2D eigenvalue weighted by Crippen LogP contribution is -2.10. The summed E-state index contributed by atoms with van der Waals surface area (Å²) in [5.41, 5.74) is 3.70. The predicted octanol–water partition coefficient (Wildman–Crippen LogP) is 7.51. The van der Waals surface area contributed by atoms with Crippen LogP contribution in [-0.2, 0) is 5.41 Å². The van der Waals surface area contributed by atoms with E-state index in [4.69, 9.17) is 4.98 Å². The summed E-state index contributed by atoms with van der Waals surface area (Å²) < 4.78 is 0. The minimum absolute atomic E-state index is 0.130. The molecular formula is C27H23N. The molecule has 136 valence electrons. The van der Waals surface area contributed by atoms with Crippen molar-refractivity contribution in [3.05, 3.63) is 90.6 Å². The van der Waals surface area contributed by atoms with Crippen molar-refractivity contribution in [3.8, 4) is 11.3 Å². The highest BCUT2D eigenvalue weighted by molar-refractivity contribution is 6.11. The van der Waals surface area contributed by atoms with Gasteiger partial charge >= 0.3 is 0 Å². The molecule has 5 aromatic rings. The van der Waals surface area contributed by atoms with Crippen molar-refractivity contribution in [1.29, 1.82) is 0 Å². The molecule has 0 aliphatic rings. The first-order valence-electron chi connectivity index (χ1n) is 9.82. The van der Waals surface area contributed by atoms with E-state index >= 15 is 0 Å². The van der Waals surface area contributed by atoms with Crippen molar-refractivity contribution in [2.45, 2.75) is 26.2 Å². The zero-order valence-electron chi connectivity index (χ0n) is 16.5. The Bertz CT molecular complexity index is 1340. The summed E-state index contributed by atoms with van der Waals surface area (Å²) in [6, 6.07) is 28.5. The molecule has 1 aromatic heterocycles. The van der Waals surface area contributed by atoms with Gasteiger partial charge in [0.2, 0.25) is 0 Å². The van der Waals surface area contributed by atoms with Gasteiger partial charge in [-0.1, -0.05) is 81.4 Å². The lowest BCUT2D eigenvalue weighted by molar-refractivity contribution is 0.591. The summed E-state index contributed by atoms with van der Waals surface area (Å²) in [4.78, 5) is 4.76. The molecule has 0 fully saturated rings. The first-order chi connectivity index (χ1) is 13.5. The fraction of sp³-hybridized carbons (Fsp3) is 0.148. The number of pyridine rings is 1. The van der Waals surface area contributed by atoms with Crippen LogP contribution in [0.3, 0.4) is 0 Å². The zero-order valence-corrected chi connectivity index (χ0v) is 16.5. The highest BCUT2D eigenvalue weighted by atomic mass is 14.7. The van der Waals surface area contributed by atoms with Crippen molar-refractivity contribution in [2.75, 3.05) is 0 Å².